The molecule has 2 aromatic heterocycles. The Balaban J connectivity index is 1.50. The molecule has 0 radical (unpaired) electrons. The molecule has 1 aliphatic rings. The standard InChI is InChI=1S/C27H29F2N7O3S/c1-3-10-40(37,38)36-24-19-5-4-16(2)25(20(19)6-7-22(24)29)39-26-21(14-31-15-33-26)23-8-9-32-27(35-23)34-18-11-17(28)12-30-13-18/h4-9,14-15,17-18,30,36H,3,10-13H2,1-2H3,(H,32,34,35)/t17-,18-/m0/s1. The summed E-state index contributed by atoms with van der Waals surface area (Å²) in [4.78, 5) is 17.3. The Morgan fingerprint density at radius 2 is 1.95 bits per heavy atom. The van der Waals surface area contributed by atoms with Gasteiger partial charge in [-0.25, -0.2) is 37.1 Å². The summed E-state index contributed by atoms with van der Waals surface area (Å²) in [6.45, 7) is 4.47. The van der Waals surface area contributed by atoms with Crippen LogP contribution in [0.25, 0.3) is 22.0 Å². The molecule has 210 valence electrons. The maximum absolute atomic E-state index is 14.8. The average molecular weight is 570 g/mol. The third kappa shape index (κ3) is 6.10. The van der Waals surface area contributed by atoms with E-state index in [1.807, 2.05) is 6.92 Å². The molecule has 2 aromatic carbocycles. The smallest absolute Gasteiger partial charge is 0.232 e. The lowest BCUT2D eigenvalue weighted by atomic mass is 10.0. The quantitative estimate of drug-likeness (QED) is 0.265. The number of fused-ring (bicyclic) bond motifs is 1. The van der Waals surface area contributed by atoms with Crippen LogP contribution in [0.3, 0.4) is 0 Å². The van der Waals surface area contributed by atoms with Gasteiger partial charge in [0, 0.05) is 48.7 Å². The summed E-state index contributed by atoms with van der Waals surface area (Å²) in [6.07, 6.45) is 4.25. The van der Waals surface area contributed by atoms with Gasteiger partial charge >= 0.3 is 0 Å². The third-order valence-electron chi connectivity index (χ3n) is 6.46. The van der Waals surface area contributed by atoms with E-state index in [1.165, 1.54) is 18.5 Å². The first-order valence-electron chi connectivity index (χ1n) is 12.9. The van der Waals surface area contributed by atoms with Crippen LogP contribution in [0.1, 0.15) is 25.3 Å². The fourth-order valence-corrected chi connectivity index (χ4v) is 5.77. The van der Waals surface area contributed by atoms with E-state index in [-0.39, 0.29) is 23.4 Å². The number of ether oxygens (including phenoxy) is 1. The Morgan fingerprint density at radius 1 is 1.12 bits per heavy atom. The highest BCUT2D eigenvalue weighted by atomic mass is 32.2. The molecular formula is C27H29F2N7O3S. The van der Waals surface area contributed by atoms with Crippen molar-refractivity contribution in [1.82, 2.24) is 25.3 Å². The van der Waals surface area contributed by atoms with Crippen LogP contribution in [0, 0.1) is 12.7 Å². The number of sulfonamides is 1. The minimum atomic E-state index is -3.74. The minimum absolute atomic E-state index is 0.135. The molecule has 1 aliphatic heterocycles. The molecule has 2 atom stereocenters. The summed E-state index contributed by atoms with van der Waals surface area (Å²) in [5.41, 5.74) is 1.53. The lowest BCUT2D eigenvalue weighted by Gasteiger charge is -2.26. The van der Waals surface area contributed by atoms with E-state index in [1.54, 1.807) is 37.5 Å². The van der Waals surface area contributed by atoms with Gasteiger partial charge in [-0.1, -0.05) is 19.1 Å². The van der Waals surface area contributed by atoms with Crippen molar-refractivity contribution in [2.75, 3.05) is 28.9 Å². The van der Waals surface area contributed by atoms with Gasteiger partial charge in [0.05, 0.1) is 22.7 Å². The number of hydrogen-bond donors (Lipinski definition) is 3. The molecule has 3 N–H and O–H groups in total. The summed E-state index contributed by atoms with van der Waals surface area (Å²) in [5.74, 6) is 0.0647. The predicted molar refractivity (Wildman–Crippen MR) is 149 cm³/mol. The van der Waals surface area contributed by atoms with Gasteiger partial charge in [0.25, 0.3) is 0 Å². The zero-order chi connectivity index (χ0) is 28.3. The molecule has 3 heterocycles. The molecule has 0 aliphatic carbocycles. The predicted octanol–water partition coefficient (Wildman–Crippen LogP) is 4.59. The third-order valence-corrected chi connectivity index (χ3v) is 7.92. The molecule has 1 saturated heterocycles. The molecule has 5 rings (SSSR count). The Hall–Kier alpha value is -3.97. The van der Waals surface area contributed by atoms with E-state index in [4.69, 9.17) is 4.74 Å². The van der Waals surface area contributed by atoms with Gasteiger partial charge in [-0.3, -0.25) is 4.72 Å². The zero-order valence-corrected chi connectivity index (χ0v) is 22.8. The lowest BCUT2D eigenvalue weighted by Crippen LogP contribution is -2.44. The second kappa shape index (κ2) is 11.6. The summed E-state index contributed by atoms with van der Waals surface area (Å²) in [7, 11) is -3.74. The van der Waals surface area contributed by atoms with Gasteiger partial charge in [0.2, 0.25) is 21.9 Å². The Labute approximate surface area is 230 Å². The van der Waals surface area contributed by atoms with E-state index < -0.39 is 22.0 Å². The Kier molecular flexibility index (Phi) is 8.03. The molecule has 0 spiro atoms. The van der Waals surface area contributed by atoms with E-state index >= 15 is 0 Å². The topological polar surface area (TPSA) is 131 Å². The molecule has 0 bridgehead atoms. The number of halogens is 2. The highest BCUT2D eigenvalue weighted by Crippen LogP contribution is 2.39. The van der Waals surface area contributed by atoms with Crippen LogP contribution in [0.15, 0.2) is 49.1 Å². The van der Waals surface area contributed by atoms with Crippen molar-refractivity contribution in [3.05, 3.63) is 60.4 Å². The fraction of sp³-hybridized carbons (Fsp3) is 0.333. The Bertz CT molecular complexity index is 1640. The highest BCUT2D eigenvalue weighted by Gasteiger charge is 2.23. The summed E-state index contributed by atoms with van der Waals surface area (Å²) in [6, 6.07) is 7.62. The van der Waals surface area contributed by atoms with Crippen molar-refractivity contribution in [2.45, 2.75) is 38.9 Å². The number of benzene rings is 2. The first-order chi connectivity index (χ1) is 19.2. The molecule has 10 nitrogen and oxygen atoms in total. The maximum atomic E-state index is 14.8. The number of anilines is 2. The molecule has 4 aromatic rings. The monoisotopic (exact) mass is 569 g/mol. The molecule has 0 unspecified atom stereocenters. The van der Waals surface area contributed by atoms with Crippen LogP contribution in [-0.2, 0) is 10.0 Å². The number of hydrogen-bond acceptors (Lipinski definition) is 9. The summed E-state index contributed by atoms with van der Waals surface area (Å²) >= 11 is 0. The molecule has 1 fully saturated rings. The Morgan fingerprint density at radius 3 is 2.75 bits per heavy atom. The first-order valence-corrected chi connectivity index (χ1v) is 14.5. The number of piperidine rings is 1. The van der Waals surface area contributed by atoms with E-state index in [0.717, 1.165) is 5.56 Å². The summed E-state index contributed by atoms with van der Waals surface area (Å²) in [5, 5.41) is 7.04. The van der Waals surface area contributed by atoms with Gasteiger partial charge in [-0.05, 0) is 37.1 Å². The lowest BCUT2D eigenvalue weighted by molar-refractivity contribution is 0.254. The largest absolute Gasteiger partial charge is 0.437 e. The van der Waals surface area contributed by atoms with Crippen LogP contribution < -0.4 is 20.1 Å². The molecule has 40 heavy (non-hydrogen) atoms. The van der Waals surface area contributed by atoms with Crippen molar-refractivity contribution in [2.24, 2.45) is 0 Å². The number of aromatic nitrogens is 4. The second-order valence-electron chi connectivity index (χ2n) is 9.59. The molecular weight excluding hydrogens is 540 g/mol. The van der Waals surface area contributed by atoms with Crippen molar-refractivity contribution in [1.29, 1.82) is 0 Å². The number of aryl methyl sites for hydroxylation is 1. The van der Waals surface area contributed by atoms with Crippen molar-refractivity contribution in [3.8, 4) is 22.9 Å². The van der Waals surface area contributed by atoms with Gasteiger partial charge in [0.1, 0.15) is 24.1 Å². The van der Waals surface area contributed by atoms with Crippen molar-refractivity contribution >= 4 is 32.4 Å². The maximum Gasteiger partial charge on any atom is 0.232 e. The van der Waals surface area contributed by atoms with Crippen LogP contribution >= 0.6 is 0 Å². The number of alkyl halides is 1. The fourth-order valence-electron chi connectivity index (χ4n) is 4.61. The number of nitrogens with zero attached hydrogens (tertiary/aromatic N) is 4. The van der Waals surface area contributed by atoms with E-state index in [2.05, 4.69) is 35.3 Å². The number of rotatable bonds is 9. The highest BCUT2D eigenvalue weighted by molar-refractivity contribution is 7.92. The minimum Gasteiger partial charge on any atom is -0.437 e. The summed E-state index contributed by atoms with van der Waals surface area (Å²) < 4.78 is 62.2. The first kappa shape index (κ1) is 27.6. The van der Waals surface area contributed by atoms with E-state index in [9.17, 15) is 17.2 Å². The normalized spacial score (nSPS) is 17.5. The van der Waals surface area contributed by atoms with Crippen LogP contribution in [0.5, 0.6) is 11.6 Å². The molecule has 13 heteroatoms. The van der Waals surface area contributed by atoms with Crippen LogP contribution in [0.4, 0.5) is 20.4 Å². The van der Waals surface area contributed by atoms with Crippen molar-refractivity contribution in [3.63, 3.8) is 0 Å². The molecule has 0 saturated carbocycles. The second-order valence-corrected chi connectivity index (χ2v) is 11.4. The van der Waals surface area contributed by atoms with Crippen molar-refractivity contribution < 1.29 is 21.9 Å². The zero-order valence-electron chi connectivity index (χ0n) is 22.0. The molecule has 0 amide bonds. The van der Waals surface area contributed by atoms with E-state index in [0.29, 0.717) is 59.7 Å². The van der Waals surface area contributed by atoms with Gasteiger partial charge in [-0.15, -0.1) is 0 Å². The number of nitrogens with one attached hydrogen (secondary N) is 3. The van der Waals surface area contributed by atoms with Gasteiger partial charge in [0.15, 0.2) is 0 Å². The SMILES string of the molecule is CCCS(=O)(=O)Nc1c(F)ccc2c(Oc3ncncc3-c3ccnc(N[C@@H]4CNC[C@@H](F)C4)n3)c(C)ccc12. The van der Waals surface area contributed by atoms with Gasteiger partial charge < -0.3 is 15.4 Å². The average Bonchev–Trinajstić information content (AvgIpc) is 2.92. The van der Waals surface area contributed by atoms with Gasteiger partial charge in [-0.2, -0.15) is 0 Å². The van der Waals surface area contributed by atoms with Crippen LogP contribution in [-0.4, -0.2) is 59.4 Å². The van der Waals surface area contributed by atoms with Crippen LogP contribution in [0.2, 0.25) is 0 Å².